The Kier molecular flexibility index (Phi) is 7.78. The number of nitrogens with zero attached hydrogens (tertiary/aromatic N) is 2. The SMILES string of the molecule is COCCCOc1c(-c2ccccc2)ccc(CCC(=O)NC(=N)N)c1-n1cccn1. The number of benzene rings is 2. The van der Waals surface area contributed by atoms with E-state index in [-0.39, 0.29) is 18.3 Å². The molecular weight excluding hydrogens is 394 g/mol. The first kappa shape index (κ1) is 22.0. The molecule has 0 fully saturated rings. The van der Waals surface area contributed by atoms with Gasteiger partial charge in [-0.2, -0.15) is 5.10 Å². The Bertz CT molecular complexity index is 1000. The fourth-order valence-electron chi connectivity index (χ4n) is 3.30. The third kappa shape index (κ3) is 5.93. The Morgan fingerprint density at radius 2 is 1.97 bits per heavy atom. The highest BCUT2D eigenvalue weighted by molar-refractivity contribution is 5.94. The van der Waals surface area contributed by atoms with Crippen molar-refractivity contribution in [2.24, 2.45) is 5.73 Å². The van der Waals surface area contributed by atoms with E-state index in [0.29, 0.717) is 25.4 Å². The van der Waals surface area contributed by atoms with E-state index in [1.165, 1.54) is 0 Å². The van der Waals surface area contributed by atoms with Gasteiger partial charge in [-0.25, -0.2) is 4.68 Å². The van der Waals surface area contributed by atoms with Gasteiger partial charge >= 0.3 is 0 Å². The predicted molar refractivity (Wildman–Crippen MR) is 119 cm³/mol. The first-order valence-electron chi connectivity index (χ1n) is 10.1. The van der Waals surface area contributed by atoms with Crippen LogP contribution in [0.5, 0.6) is 5.75 Å². The maximum absolute atomic E-state index is 12.0. The van der Waals surface area contributed by atoms with Crippen LogP contribution in [-0.4, -0.2) is 42.0 Å². The summed E-state index contributed by atoms with van der Waals surface area (Å²) in [5, 5.41) is 14.0. The van der Waals surface area contributed by atoms with Crippen LogP contribution in [0.1, 0.15) is 18.4 Å². The average molecular weight is 422 g/mol. The second-order valence-corrected chi connectivity index (χ2v) is 6.92. The summed E-state index contributed by atoms with van der Waals surface area (Å²) < 4.78 is 13.2. The molecule has 0 saturated carbocycles. The molecule has 0 aliphatic heterocycles. The number of carbonyl (C=O) groups excluding carboxylic acids is 1. The van der Waals surface area contributed by atoms with Gasteiger partial charge in [0.05, 0.1) is 6.61 Å². The zero-order chi connectivity index (χ0) is 22.1. The Hall–Kier alpha value is -3.65. The van der Waals surface area contributed by atoms with Gasteiger partial charge in [0, 0.05) is 44.5 Å². The molecule has 8 nitrogen and oxygen atoms in total. The molecule has 31 heavy (non-hydrogen) atoms. The van der Waals surface area contributed by atoms with E-state index in [1.54, 1.807) is 18.0 Å². The van der Waals surface area contributed by atoms with Gasteiger partial charge in [-0.3, -0.25) is 15.5 Å². The number of hydrogen-bond donors (Lipinski definition) is 3. The molecule has 0 saturated heterocycles. The van der Waals surface area contributed by atoms with E-state index in [2.05, 4.69) is 10.4 Å². The maximum atomic E-state index is 12.0. The minimum atomic E-state index is -0.362. The van der Waals surface area contributed by atoms with Crippen molar-refractivity contribution in [1.29, 1.82) is 5.41 Å². The van der Waals surface area contributed by atoms with Gasteiger partial charge in [0.15, 0.2) is 11.7 Å². The molecule has 3 aromatic rings. The number of aryl methyl sites for hydroxylation is 1. The van der Waals surface area contributed by atoms with E-state index < -0.39 is 0 Å². The lowest BCUT2D eigenvalue weighted by molar-refractivity contribution is -0.119. The van der Waals surface area contributed by atoms with Gasteiger partial charge in [-0.05, 0) is 23.6 Å². The van der Waals surface area contributed by atoms with Crippen LogP contribution >= 0.6 is 0 Å². The molecular formula is C23H27N5O3. The number of carbonyl (C=O) groups is 1. The summed E-state index contributed by atoms with van der Waals surface area (Å²) in [7, 11) is 1.66. The van der Waals surface area contributed by atoms with Crippen LogP contribution in [0.2, 0.25) is 0 Å². The predicted octanol–water partition coefficient (Wildman–Crippen LogP) is 2.90. The lowest BCUT2D eigenvalue weighted by Gasteiger charge is -2.20. The second-order valence-electron chi connectivity index (χ2n) is 6.92. The molecule has 0 atom stereocenters. The average Bonchev–Trinajstić information content (AvgIpc) is 3.29. The molecule has 1 amide bonds. The van der Waals surface area contributed by atoms with Gasteiger partial charge in [0.25, 0.3) is 0 Å². The van der Waals surface area contributed by atoms with Crippen LogP contribution in [0.4, 0.5) is 0 Å². The standard InChI is InChI=1S/C23H27N5O3/c1-30-15-6-16-31-22-19(17-7-3-2-4-8-17)11-9-18(10-12-20(29)27-23(24)25)21(22)28-14-5-13-26-28/h2-5,7-9,11,13-14H,6,10,12,15-16H2,1H3,(H4,24,25,27,29). The fraction of sp³-hybridized carbons (Fsp3) is 0.261. The number of methoxy groups -OCH3 is 1. The van der Waals surface area contributed by atoms with Crippen molar-refractivity contribution in [3.8, 4) is 22.6 Å². The van der Waals surface area contributed by atoms with Crippen LogP contribution < -0.4 is 15.8 Å². The van der Waals surface area contributed by atoms with Crippen molar-refractivity contribution in [1.82, 2.24) is 15.1 Å². The summed E-state index contributed by atoms with van der Waals surface area (Å²) in [4.78, 5) is 12.0. The lowest BCUT2D eigenvalue weighted by atomic mass is 9.98. The zero-order valence-corrected chi connectivity index (χ0v) is 17.5. The largest absolute Gasteiger partial charge is 0.491 e. The van der Waals surface area contributed by atoms with Gasteiger partial charge in [-0.15, -0.1) is 0 Å². The Balaban J connectivity index is 2.02. The molecule has 2 aromatic carbocycles. The van der Waals surface area contributed by atoms with Crippen molar-refractivity contribution >= 4 is 11.9 Å². The van der Waals surface area contributed by atoms with Crippen LogP contribution in [0.3, 0.4) is 0 Å². The first-order chi connectivity index (χ1) is 15.1. The van der Waals surface area contributed by atoms with Crippen molar-refractivity contribution < 1.29 is 14.3 Å². The summed E-state index contributed by atoms with van der Waals surface area (Å²) >= 11 is 0. The third-order valence-corrected chi connectivity index (χ3v) is 4.67. The molecule has 0 radical (unpaired) electrons. The minimum absolute atomic E-state index is 0.182. The second kappa shape index (κ2) is 10.9. The smallest absolute Gasteiger partial charge is 0.226 e. The number of rotatable bonds is 10. The molecule has 3 rings (SSSR count). The molecule has 1 heterocycles. The zero-order valence-electron chi connectivity index (χ0n) is 17.5. The van der Waals surface area contributed by atoms with Crippen LogP contribution in [0.15, 0.2) is 60.9 Å². The highest BCUT2D eigenvalue weighted by Gasteiger charge is 2.19. The third-order valence-electron chi connectivity index (χ3n) is 4.67. The molecule has 0 bridgehead atoms. The van der Waals surface area contributed by atoms with E-state index in [4.69, 9.17) is 20.6 Å². The van der Waals surface area contributed by atoms with E-state index >= 15 is 0 Å². The molecule has 0 aliphatic carbocycles. The molecule has 8 heteroatoms. The summed E-state index contributed by atoms with van der Waals surface area (Å²) in [6, 6.07) is 15.8. The Morgan fingerprint density at radius 1 is 1.16 bits per heavy atom. The number of nitrogens with one attached hydrogen (secondary N) is 2. The van der Waals surface area contributed by atoms with E-state index in [9.17, 15) is 4.79 Å². The minimum Gasteiger partial charge on any atom is -0.491 e. The first-order valence-corrected chi connectivity index (χ1v) is 10.1. The number of aromatic nitrogens is 2. The van der Waals surface area contributed by atoms with E-state index in [0.717, 1.165) is 28.8 Å². The highest BCUT2D eigenvalue weighted by atomic mass is 16.5. The molecule has 0 spiro atoms. The number of ether oxygens (including phenoxy) is 2. The quantitative estimate of drug-likeness (QED) is 0.264. The van der Waals surface area contributed by atoms with Crippen LogP contribution in [0, 0.1) is 5.41 Å². The number of amides is 1. The van der Waals surface area contributed by atoms with Crippen molar-refractivity contribution in [3.05, 3.63) is 66.5 Å². The Morgan fingerprint density at radius 3 is 2.65 bits per heavy atom. The molecule has 4 N–H and O–H groups in total. The van der Waals surface area contributed by atoms with Crippen molar-refractivity contribution in [2.75, 3.05) is 20.3 Å². The highest BCUT2D eigenvalue weighted by Crippen LogP contribution is 2.38. The number of guanidine groups is 1. The van der Waals surface area contributed by atoms with Gasteiger partial charge in [0.1, 0.15) is 5.69 Å². The maximum Gasteiger partial charge on any atom is 0.226 e. The molecule has 162 valence electrons. The normalized spacial score (nSPS) is 10.6. The topological polar surface area (TPSA) is 115 Å². The van der Waals surface area contributed by atoms with E-state index in [1.807, 2.05) is 54.7 Å². The van der Waals surface area contributed by atoms with Gasteiger partial charge in [0.2, 0.25) is 5.91 Å². The fourth-order valence-corrected chi connectivity index (χ4v) is 3.30. The molecule has 0 aliphatic rings. The van der Waals surface area contributed by atoms with Gasteiger partial charge < -0.3 is 15.2 Å². The monoisotopic (exact) mass is 421 g/mol. The van der Waals surface area contributed by atoms with Gasteiger partial charge in [-0.1, -0.05) is 42.5 Å². The summed E-state index contributed by atoms with van der Waals surface area (Å²) in [5.41, 5.74) is 8.93. The number of hydrogen-bond acceptors (Lipinski definition) is 5. The van der Waals surface area contributed by atoms with Crippen molar-refractivity contribution in [2.45, 2.75) is 19.3 Å². The molecule has 0 unspecified atom stereocenters. The summed E-state index contributed by atoms with van der Waals surface area (Å²) in [6.07, 6.45) is 4.93. The summed E-state index contributed by atoms with van der Waals surface area (Å²) in [5.74, 6) is 0.0305. The van der Waals surface area contributed by atoms with Crippen LogP contribution in [-0.2, 0) is 16.0 Å². The molecule has 1 aromatic heterocycles. The Labute approximate surface area is 181 Å². The lowest BCUT2D eigenvalue weighted by Crippen LogP contribution is -2.35. The summed E-state index contributed by atoms with van der Waals surface area (Å²) in [6.45, 7) is 1.08. The van der Waals surface area contributed by atoms with Crippen LogP contribution in [0.25, 0.3) is 16.8 Å². The number of nitrogens with two attached hydrogens (primary N) is 1. The van der Waals surface area contributed by atoms with Crippen molar-refractivity contribution in [3.63, 3.8) is 0 Å².